The second kappa shape index (κ2) is 8.44. The Bertz CT molecular complexity index is 2180. The van der Waals surface area contributed by atoms with Gasteiger partial charge in [0.25, 0.3) is 0 Å². The number of hydrogen-bond acceptors (Lipinski definition) is 2. The van der Waals surface area contributed by atoms with E-state index in [0.29, 0.717) is 0 Å². The van der Waals surface area contributed by atoms with Crippen molar-refractivity contribution in [3.8, 4) is 33.6 Å². The molecule has 3 heteroatoms. The van der Waals surface area contributed by atoms with Gasteiger partial charge in [0.1, 0.15) is 17.0 Å². The van der Waals surface area contributed by atoms with E-state index in [-0.39, 0.29) is 0 Å². The molecule has 8 rings (SSSR count). The fraction of sp³-hybridized carbons (Fsp3) is 0.0278. The van der Waals surface area contributed by atoms with Crippen LogP contribution in [0.4, 0.5) is 0 Å². The molecule has 0 aliphatic heterocycles. The quantitative estimate of drug-likeness (QED) is 0.242. The fourth-order valence-corrected chi connectivity index (χ4v) is 5.89. The molecule has 0 unspecified atom stereocenters. The third kappa shape index (κ3) is 3.40. The molecule has 184 valence electrons. The molecule has 0 saturated carbocycles. The van der Waals surface area contributed by atoms with Crippen LogP contribution in [0, 0.1) is 0 Å². The van der Waals surface area contributed by atoms with Crippen LogP contribution in [0.25, 0.3) is 77.4 Å². The van der Waals surface area contributed by atoms with E-state index in [4.69, 9.17) is 9.40 Å². The lowest BCUT2D eigenvalue weighted by Gasteiger charge is -2.11. The molecule has 0 N–H and O–H groups in total. The van der Waals surface area contributed by atoms with Gasteiger partial charge >= 0.3 is 0 Å². The molecular formula is C36H24N2O. The number of aromatic nitrogens is 2. The molecule has 2 heterocycles. The molecule has 0 fully saturated rings. The highest BCUT2D eigenvalue weighted by Gasteiger charge is 2.17. The minimum atomic E-state index is 0.912. The minimum absolute atomic E-state index is 0.912. The van der Waals surface area contributed by atoms with E-state index >= 15 is 0 Å². The average molecular weight is 501 g/mol. The summed E-state index contributed by atoms with van der Waals surface area (Å²) in [4.78, 5) is 5.00. The summed E-state index contributed by atoms with van der Waals surface area (Å²) in [7, 11) is 2.08. The Morgan fingerprint density at radius 1 is 0.564 bits per heavy atom. The number of imidazole rings is 1. The lowest BCUT2D eigenvalue weighted by Crippen LogP contribution is -1.91. The highest BCUT2D eigenvalue weighted by Crippen LogP contribution is 2.42. The number of fused-ring (bicyclic) bond motifs is 5. The number of rotatable bonds is 3. The molecule has 0 amide bonds. The Morgan fingerprint density at radius 3 is 2.18 bits per heavy atom. The van der Waals surface area contributed by atoms with Crippen LogP contribution < -0.4 is 0 Å². The number of benzene rings is 6. The van der Waals surface area contributed by atoms with Crippen molar-refractivity contribution in [1.82, 2.24) is 9.55 Å². The molecule has 0 saturated heterocycles. The van der Waals surface area contributed by atoms with Crippen LogP contribution in [0.1, 0.15) is 0 Å². The topological polar surface area (TPSA) is 31.0 Å². The summed E-state index contributed by atoms with van der Waals surface area (Å²) < 4.78 is 8.66. The van der Waals surface area contributed by atoms with Crippen LogP contribution in [-0.4, -0.2) is 9.55 Å². The average Bonchev–Trinajstić information content (AvgIpc) is 3.53. The van der Waals surface area contributed by atoms with E-state index in [1.807, 2.05) is 18.2 Å². The molecular weight excluding hydrogens is 476 g/mol. The molecule has 0 bridgehead atoms. The third-order valence-electron chi connectivity index (χ3n) is 7.79. The highest BCUT2D eigenvalue weighted by molar-refractivity contribution is 6.18. The van der Waals surface area contributed by atoms with E-state index in [1.165, 1.54) is 10.8 Å². The van der Waals surface area contributed by atoms with Crippen LogP contribution in [0.2, 0.25) is 0 Å². The molecule has 8 aromatic rings. The molecule has 0 aliphatic carbocycles. The van der Waals surface area contributed by atoms with Crippen molar-refractivity contribution >= 4 is 43.7 Å². The maximum atomic E-state index is 6.49. The summed E-state index contributed by atoms with van der Waals surface area (Å²) in [6.45, 7) is 0. The maximum Gasteiger partial charge on any atom is 0.143 e. The van der Waals surface area contributed by atoms with Gasteiger partial charge in [0.05, 0.1) is 11.0 Å². The summed E-state index contributed by atoms with van der Waals surface area (Å²) in [5.41, 5.74) is 9.63. The molecule has 6 aromatic carbocycles. The van der Waals surface area contributed by atoms with Crippen LogP contribution in [0.15, 0.2) is 132 Å². The SMILES string of the molecule is Cn1c(-c2ccccc2)nc2cc(-c3cccc(-c4c5ccccc5cc5c4oc4ccccc45)c3)ccc21. The lowest BCUT2D eigenvalue weighted by molar-refractivity contribution is 0.670. The summed E-state index contributed by atoms with van der Waals surface area (Å²) in [6, 6.07) is 44.8. The normalized spacial score (nSPS) is 11.7. The summed E-state index contributed by atoms with van der Waals surface area (Å²) in [5, 5.41) is 4.69. The molecule has 3 nitrogen and oxygen atoms in total. The van der Waals surface area contributed by atoms with Gasteiger partial charge in [0, 0.05) is 28.9 Å². The second-order valence-electron chi connectivity index (χ2n) is 10.1. The zero-order chi connectivity index (χ0) is 25.9. The maximum absolute atomic E-state index is 6.49. The van der Waals surface area contributed by atoms with Crippen LogP contribution in [-0.2, 0) is 7.05 Å². The Hall–Kier alpha value is -5.15. The number of hydrogen-bond donors (Lipinski definition) is 0. The monoisotopic (exact) mass is 500 g/mol. The lowest BCUT2D eigenvalue weighted by atomic mass is 9.93. The standard InChI is InChI=1S/C36H24N2O/c1-38-32-19-18-25(22-31(32)37-36(38)23-10-3-2-4-11-23)24-13-9-14-27(20-24)34-28-15-6-5-12-26(28)21-30-29-16-7-8-17-33(29)39-35(30)34/h2-22H,1H3. The molecule has 0 atom stereocenters. The number of para-hydroxylation sites is 1. The summed E-state index contributed by atoms with van der Waals surface area (Å²) in [5.74, 6) is 0.972. The van der Waals surface area contributed by atoms with Gasteiger partial charge in [-0.15, -0.1) is 0 Å². The zero-order valence-electron chi connectivity index (χ0n) is 21.4. The Balaban J connectivity index is 1.32. The van der Waals surface area contributed by atoms with E-state index in [2.05, 4.69) is 121 Å². The van der Waals surface area contributed by atoms with Gasteiger partial charge in [-0.25, -0.2) is 4.98 Å². The number of aryl methyl sites for hydroxylation is 1. The van der Waals surface area contributed by atoms with Crippen LogP contribution >= 0.6 is 0 Å². The van der Waals surface area contributed by atoms with Crippen LogP contribution in [0.3, 0.4) is 0 Å². The van der Waals surface area contributed by atoms with Gasteiger partial charge in [0.15, 0.2) is 0 Å². The van der Waals surface area contributed by atoms with Gasteiger partial charge < -0.3 is 8.98 Å². The zero-order valence-corrected chi connectivity index (χ0v) is 21.4. The van der Waals surface area contributed by atoms with E-state index in [0.717, 1.165) is 66.6 Å². The molecule has 2 aromatic heterocycles. The smallest absolute Gasteiger partial charge is 0.143 e. The van der Waals surface area contributed by atoms with Gasteiger partial charge in [-0.1, -0.05) is 97.1 Å². The van der Waals surface area contributed by atoms with E-state index in [1.54, 1.807) is 0 Å². The van der Waals surface area contributed by atoms with Crippen LogP contribution in [0.5, 0.6) is 0 Å². The molecule has 39 heavy (non-hydrogen) atoms. The van der Waals surface area contributed by atoms with Crippen molar-refractivity contribution in [2.75, 3.05) is 0 Å². The highest BCUT2D eigenvalue weighted by atomic mass is 16.3. The fourth-order valence-electron chi connectivity index (χ4n) is 5.89. The van der Waals surface area contributed by atoms with Crippen molar-refractivity contribution in [3.63, 3.8) is 0 Å². The van der Waals surface area contributed by atoms with Crippen molar-refractivity contribution in [2.45, 2.75) is 0 Å². The number of nitrogens with zero attached hydrogens (tertiary/aromatic N) is 2. The van der Waals surface area contributed by atoms with Crippen molar-refractivity contribution in [3.05, 3.63) is 127 Å². The number of furan rings is 1. The predicted molar refractivity (Wildman–Crippen MR) is 162 cm³/mol. The first kappa shape index (κ1) is 21.9. The second-order valence-corrected chi connectivity index (χ2v) is 10.1. The summed E-state index contributed by atoms with van der Waals surface area (Å²) >= 11 is 0. The Labute approximate surface area is 225 Å². The van der Waals surface area contributed by atoms with Crippen molar-refractivity contribution in [2.24, 2.45) is 7.05 Å². The Morgan fingerprint density at radius 2 is 1.28 bits per heavy atom. The predicted octanol–water partition coefficient (Wildman–Crippen LogP) is 9.63. The van der Waals surface area contributed by atoms with Gasteiger partial charge in [-0.05, 0) is 57.8 Å². The molecule has 0 radical (unpaired) electrons. The van der Waals surface area contributed by atoms with Gasteiger partial charge in [-0.2, -0.15) is 0 Å². The first-order valence-electron chi connectivity index (χ1n) is 13.2. The van der Waals surface area contributed by atoms with Crippen molar-refractivity contribution < 1.29 is 4.42 Å². The third-order valence-corrected chi connectivity index (χ3v) is 7.79. The van der Waals surface area contributed by atoms with E-state index < -0.39 is 0 Å². The molecule has 0 aliphatic rings. The summed E-state index contributed by atoms with van der Waals surface area (Å²) in [6.07, 6.45) is 0. The Kier molecular flexibility index (Phi) is 4.74. The van der Waals surface area contributed by atoms with Gasteiger partial charge in [-0.3, -0.25) is 0 Å². The largest absolute Gasteiger partial charge is 0.455 e. The first-order valence-corrected chi connectivity index (χ1v) is 13.2. The first-order chi connectivity index (χ1) is 19.2. The van der Waals surface area contributed by atoms with Crippen molar-refractivity contribution in [1.29, 1.82) is 0 Å². The molecule has 0 spiro atoms. The van der Waals surface area contributed by atoms with Gasteiger partial charge in [0.2, 0.25) is 0 Å². The van der Waals surface area contributed by atoms with E-state index in [9.17, 15) is 0 Å². The minimum Gasteiger partial charge on any atom is -0.455 e.